The minimum Gasteiger partial charge on any atom is -0.309 e. The van der Waals surface area contributed by atoms with E-state index in [0.717, 1.165) is 110 Å². The fourth-order valence-corrected chi connectivity index (χ4v) is 12.0. The van der Waals surface area contributed by atoms with Gasteiger partial charge in [0, 0.05) is 78.6 Å². The van der Waals surface area contributed by atoms with Crippen LogP contribution in [0.5, 0.6) is 0 Å². The van der Waals surface area contributed by atoms with Crippen molar-refractivity contribution in [2.24, 2.45) is 0 Å². The van der Waals surface area contributed by atoms with Gasteiger partial charge in [0.15, 0.2) is 0 Å². The minimum absolute atomic E-state index is 0.336. The summed E-state index contributed by atoms with van der Waals surface area (Å²) in [5.41, 5.74) is 14.9. The van der Waals surface area contributed by atoms with Crippen LogP contribution < -0.4 is 0 Å². The second-order valence-electron chi connectivity index (χ2n) is 18.7. The first-order valence-electron chi connectivity index (χ1n) is 24.6. The Hall–Kier alpha value is -10.5. The molecular formula is C66H38N8. The fourth-order valence-electron chi connectivity index (χ4n) is 12.0. The van der Waals surface area contributed by atoms with Crippen molar-refractivity contribution in [2.75, 3.05) is 0 Å². The molecule has 8 nitrogen and oxygen atoms in total. The zero-order valence-corrected chi connectivity index (χ0v) is 39.5. The summed E-state index contributed by atoms with van der Waals surface area (Å²) in [5, 5.41) is 32.4. The van der Waals surface area contributed by atoms with Crippen molar-refractivity contribution in [3.63, 3.8) is 0 Å². The summed E-state index contributed by atoms with van der Waals surface area (Å²) in [7, 11) is 0. The van der Waals surface area contributed by atoms with Gasteiger partial charge in [-0.25, -0.2) is 0 Å². The van der Waals surface area contributed by atoms with Crippen LogP contribution in [-0.2, 0) is 0 Å². The number of nitriles is 2. The first-order valence-corrected chi connectivity index (χ1v) is 24.6. The van der Waals surface area contributed by atoms with Crippen LogP contribution in [0.25, 0.3) is 132 Å². The Morgan fingerprint density at radius 1 is 0.338 bits per heavy atom. The highest BCUT2D eigenvalue weighted by Crippen LogP contribution is 2.47. The van der Waals surface area contributed by atoms with Gasteiger partial charge in [-0.3, -0.25) is 9.97 Å². The van der Waals surface area contributed by atoms with E-state index in [1.54, 1.807) is 18.6 Å². The lowest BCUT2D eigenvalue weighted by Crippen LogP contribution is -2.08. The van der Waals surface area contributed by atoms with Crippen LogP contribution in [-0.4, -0.2) is 28.2 Å². The molecule has 0 spiro atoms. The molecule has 6 heterocycles. The van der Waals surface area contributed by atoms with Crippen molar-refractivity contribution < 1.29 is 0 Å². The predicted molar refractivity (Wildman–Crippen MR) is 300 cm³/mol. The lowest BCUT2D eigenvalue weighted by atomic mass is 9.93. The van der Waals surface area contributed by atoms with Crippen LogP contribution in [0.3, 0.4) is 0 Å². The van der Waals surface area contributed by atoms with Crippen LogP contribution >= 0.6 is 0 Å². The molecule has 0 aliphatic heterocycles. The molecule has 0 fully saturated rings. The third-order valence-corrected chi connectivity index (χ3v) is 15.0. The Bertz CT molecular complexity index is 4640. The Balaban J connectivity index is 1.12. The molecule has 8 heteroatoms. The highest BCUT2D eigenvalue weighted by atomic mass is 15.0. The standard InChI is InChI=1S/C66H38N8/c67-39-51-60(73-56-25-13-9-21-49(56)63-58(73)29-27-47-45-19-7-11-23-54(45)71(65(47)63)43-15-3-1-4-16-43)38-61(52(40-68)62(51)53-37-42(33-36-70-53)41-31-34-69-35-32-41)74-57-26-14-10-22-50(57)64-59(74)30-28-48-46-20-8-12-24-55(46)72(66(48)64)44-17-5-2-6-18-44/h1-38H. The summed E-state index contributed by atoms with van der Waals surface area (Å²) in [6.07, 6.45) is 5.30. The normalized spacial score (nSPS) is 11.8. The van der Waals surface area contributed by atoms with E-state index < -0.39 is 0 Å². The van der Waals surface area contributed by atoms with E-state index in [1.165, 1.54) is 0 Å². The monoisotopic (exact) mass is 942 g/mol. The highest BCUT2D eigenvalue weighted by molar-refractivity contribution is 6.28. The topological polar surface area (TPSA) is 93.1 Å². The number of hydrogen-bond acceptors (Lipinski definition) is 4. The first-order chi connectivity index (χ1) is 36.7. The van der Waals surface area contributed by atoms with E-state index in [1.807, 2.05) is 36.4 Å². The zero-order chi connectivity index (χ0) is 49.0. The number of para-hydroxylation sites is 6. The molecule has 6 aromatic heterocycles. The third-order valence-electron chi connectivity index (χ3n) is 15.0. The third kappa shape index (κ3) is 5.76. The summed E-state index contributed by atoms with van der Waals surface area (Å²) < 4.78 is 9.20. The fraction of sp³-hybridized carbons (Fsp3) is 0. The lowest BCUT2D eigenvalue weighted by molar-refractivity contribution is 1.11. The molecular weight excluding hydrogens is 905 g/mol. The molecule has 0 amide bonds. The summed E-state index contributed by atoms with van der Waals surface area (Å²) in [6, 6.07) is 79.2. The largest absolute Gasteiger partial charge is 0.309 e. The van der Waals surface area contributed by atoms with Crippen LogP contribution in [0.4, 0.5) is 0 Å². The molecule has 74 heavy (non-hydrogen) atoms. The molecule has 15 rings (SSSR count). The van der Waals surface area contributed by atoms with Crippen molar-refractivity contribution in [1.29, 1.82) is 10.5 Å². The molecule has 0 bridgehead atoms. The molecule has 0 atom stereocenters. The van der Waals surface area contributed by atoms with Gasteiger partial charge in [-0.2, -0.15) is 10.5 Å². The molecule has 342 valence electrons. The average molecular weight is 943 g/mol. The predicted octanol–water partition coefficient (Wildman–Crippen LogP) is 15.9. The maximum absolute atomic E-state index is 11.8. The molecule has 9 aromatic carbocycles. The molecule has 0 aliphatic rings. The molecule has 0 saturated heterocycles. The van der Waals surface area contributed by atoms with E-state index in [-0.39, 0.29) is 0 Å². The number of hydrogen-bond donors (Lipinski definition) is 0. The van der Waals surface area contributed by atoms with Crippen LogP contribution in [0.2, 0.25) is 0 Å². The maximum atomic E-state index is 11.8. The quantitative estimate of drug-likeness (QED) is 0.166. The van der Waals surface area contributed by atoms with Crippen molar-refractivity contribution in [2.45, 2.75) is 0 Å². The number of nitrogens with zero attached hydrogens (tertiary/aromatic N) is 8. The van der Waals surface area contributed by atoms with Gasteiger partial charge in [0.25, 0.3) is 0 Å². The number of pyridine rings is 2. The van der Waals surface area contributed by atoms with E-state index in [4.69, 9.17) is 4.98 Å². The minimum atomic E-state index is 0.336. The van der Waals surface area contributed by atoms with Gasteiger partial charge in [-0.05, 0) is 102 Å². The molecule has 0 saturated carbocycles. The number of fused-ring (bicyclic) bond motifs is 14. The van der Waals surface area contributed by atoms with Crippen LogP contribution in [0.1, 0.15) is 11.1 Å². The second-order valence-corrected chi connectivity index (χ2v) is 18.7. The number of benzene rings is 9. The summed E-state index contributed by atoms with van der Waals surface area (Å²) >= 11 is 0. The summed E-state index contributed by atoms with van der Waals surface area (Å²) in [4.78, 5) is 9.31. The first kappa shape index (κ1) is 41.3. The highest BCUT2D eigenvalue weighted by Gasteiger charge is 2.29. The van der Waals surface area contributed by atoms with Gasteiger partial charge in [-0.15, -0.1) is 0 Å². The Kier molecular flexibility index (Phi) is 8.92. The van der Waals surface area contributed by atoms with Crippen LogP contribution in [0.15, 0.2) is 231 Å². The Labute approximate surface area is 423 Å². The summed E-state index contributed by atoms with van der Waals surface area (Å²) in [6.45, 7) is 0. The molecule has 0 unspecified atom stereocenters. The smallest absolute Gasteiger partial charge is 0.102 e. The van der Waals surface area contributed by atoms with Crippen molar-refractivity contribution in [3.8, 4) is 57.3 Å². The zero-order valence-electron chi connectivity index (χ0n) is 39.5. The van der Waals surface area contributed by atoms with Gasteiger partial charge in [0.05, 0.1) is 72.3 Å². The van der Waals surface area contributed by atoms with E-state index in [9.17, 15) is 10.5 Å². The van der Waals surface area contributed by atoms with Crippen LogP contribution in [0, 0.1) is 22.7 Å². The SMILES string of the molecule is N#Cc1c(-n2c3ccccc3c3c2ccc2c4ccccc4n(-c4ccccc4)c23)cc(-n2c3ccccc3c3c2ccc2c4ccccc4n(-c4ccccc4)c23)c(C#N)c1-c1cc(-c2ccncc2)ccn1. The number of aromatic nitrogens is 6. The lowest BCUT2D eigenvalue weighted by Gasteiger charge is -2.20. The van der Waals surface area contributed by atoms with Gasteiger partial charge in [0.1, 0.15) is 12.1 Å². The van der Waals surface area contributed by atoms with Crippen molar-refractivity contribution in [1.82, 2.24) is 28.2 Å². The van der Waals surface area contributed by atoms with Gasteiger partial charge in [0.2, 0.25) is 0 Å². The molecule has 0 aliphatic carbocycles. The average Bonchev–Trinajstić information content (AvgIpc) is 4.21. The van der Waals surface area contributed by atoms with Gasteiger partial charge >= 0.3 is 0 Å². The molecule has 15 aromatic rings. The Morgan fingerprint density at radius 3 is 1.23 bits per heavy atom. The number of rotatable bonds is 6. The Morgan fingerprint density at radius 2 is 0.757 bits per heavy atom. The van der Waals surface area contributed by atoms with Gasteiger partial charge in [-0.1, -0.05) is 121 Å². The second kappa shape index (κ2) is 16.0. The van der Waals surface area contributed by atoms with E-state index in [2.05, 4.69) is 211 Å². The van der Waals surface area contributed by atoms with Crippen molar-refractivity contribution >= 4 is 87.2 Å². The maximum Gasteiger partial charge on any atom is 0.102 e. The molecule has 0 radical (unpaired) electrons. The van der Waals surface area contributed by atoms with E-state index in [0.29, 0.717) is 33.8 Å². The molecule has 0 N–H and O–H groups in total. The van der Waals surface area contributed by atoms with Gasteiger partial charge < -0.3 is 18.3 Å². The van der Waals surface area contributed by atoms with Crippen molar-refractivity contribution in [3.05, 3.63) is 242 Å². The van der Waals surface area contributed by atoms with E-state index >= 15 is 0 Å². The summed E-state index contributed by atoms with van der Waals surface area (Å²) in [5.74, 6) is 0.